The monoisotopic (exact) mass is 301 g/mol. The lowest BCUT2D eigenvalue weighted by Crippen LogP contribution is -2.42. The molecule has 0 spiro atoms. The summed E-state index contributed by atoms with van der Waals surface area (Å²) in [6.07, 6.45) is 2.82. The van der Waals surface area contributed by atoms with Gasteiger partial charge in [0.25, 0.3) is 0 Å². The number of aliphatic carboxylic acids is 1. The van der Waals surface area contributed by atoms with E-state index in [4.69, 9.17) is 0 Å². The van der Waals surface area contributed by atoms with Crippen LogP contribution < -0.4 is 0 Å². The number of hydrogen-bond donors (Lipinski definition) is 1. The summed E-state index contributed by atoms with van der Waals surface area (Å²) in [5.74, 6) is 0.357. The van der Waals surface area contributed by atoms with Crippen LogP contribution in [-0.4, -0.2) is 46.0 Å². The minimum Gasteiger partial charge on any atom is -0.481 e. The third-order valence-corrected chi connectivity index (χ3v) is 5.58. The van der Waals surface area contributed by atoms with Gasteiger partial charge in [0.05, 0.1) is 10.7 Å². The van der Waals surface area contributed by atoms with Crippen molar-refractivity contribution in [3.8, 4) is 0 Å². The Labute approximate surface area is 126 Å². The van der Waals surface area contributed by atoms with Gasteiger partial charge in [0, 0.05) is 13.1 Å². The number of unbranched alkanes of at least 4 members (excludes halogenated alkanes) is 1. The molecule has 1 saturated heterocycles. The first-order valence-corrected chi connectivity index (χ1v) is 8.53. The number of carboxylic acids is 1. The zero-order valence-electron chi connectivity index (χ0n) is 13.0. The third kappa shape index (κ3) is 3.68. The standard InChI is InChI=1S/C15H27NO3S/c1-5-6-9-20-12(4)13(17)16-8-7-15(10-16,11(2)3)14(18)19/h11-12H,5-10H2,1-4H3,(H,18,19). The highest BCUT2D eigenvalue weighted by Gasteiger charge is 2.48. The van der Waals surface area contributed by atoms with Crippen LogP contribution in [0.4, 0.5) is 0 Å². The molecule has 1 aliphatic heterocycles. The Bertz CT molecular complexity index is 359. The average Bonchev–Trinajstić information content (AvgIpc) is 2.84. The van der Waals surface area contributed by atoms with Crippen molar-refractivity contribution in [1.29, 1.82) is 0 Å². The van der Waals surface area contributed by atoms with Crippen LogP contribution in [0.25, 0.3) is 0 Å². The van der Waals surface area contributed by atoms with Gasteiger partial charge in [-0.2, -0.15) is 0 Å². The van der Waals surface area contributed by atoms with E-state index in [-0.39, 0.29) is 17.1 Å². The molecule has 20 heavy (non-hydrogen) atoms. The zero-order chi connectivity index (χ0) is 15.3. The Morgan fingerprint density at radius 3 is 2.45 bits per heavy atom. The van der Waals surface area contributed by atoms with E-state index in [2.05, 4.69) is 6.92 Å². The summed E-state index contributed by atoms with van der Waals surface area (Å²) in [5.41, 5.74) is -0.760. The number of rotatable bonds is 7. The summed E-state index contributed by atoms with van der Waals surface area (Å²) in [6, 6.07) is 0. The highest BCUT2D eigenvalue weighted by atomic mass is 32.2. The lowest BCUT2D eigenvalue weighted by Gasteiger charge is -2.29. The molecular weight excluding hydrogens is 274 g/mol. The van der Waals surface area contributed by atoms with Crippen molar-refractivity contribution in [3.05, 3.63) is 0 Å². The van der Waals surface area contributed by atoms with Crippen molar-refractivity contribution in [3.63, 3.8) is 0 Å². The first kappa shape index (κ1) is 17.3. The predicted molar refractivity (Wildman–Crippen MR) is 82.9 cm³/mol. The van der Waals surface area contributed by atoms with Crippen LogP contribution >= 0.6 is 11.8 Å². The Hall–Kier alpha value is -0.710. The van der Waals surface area contributed by atoms with Crippen LogP contribution in [0.1, 0.15) is 47.0 Å². The molecule has 1 heterocycles. The molecule has 2 unspecified atom stereocenters. The molecule has 0 aromatic heterocycles. The third-order valence-electron chi connectivity index (χ3n) is 4.36. The van der Waals surface area contributed by atoms with Gasteiger partial charge in [-0.3, -0.25) is 9.59 Å². The first-order valence-electron chi connectivity index (χ1n) is 7.49. The number of nitrogens with zero attached hydrogens (tertiary/aromatic N) is 1. The van der Waals surface area contributed by atoms with E-state index in [1.54, 1.807) is 16.7 Å². The number of hydrogen-bond acceptors (Lipinski definition) is 3. The van der Waals surface area contributed by atoms with Crippen molar-refractivity contribution in [2.24, 2.45) is 11.3 Å². The molecule has 4 nitrogen and oxygen atoms in total. The molecule has 0 aromatic carbocycles. The molecule has 116 valence electrons. The van der Waals surface area contributed by atoms with Gasteiger partial charge in [0.2, 0.25) is 5.91 Å². The summed E-state index contributed by atoms with van der Waals surface area (Å²) in [5, 5.41) is 9.43. The fourth-order valence-electron chi connectivity index (χ4n) is 2.65. The summed E-state index contributed by atoms with van der Waals surface area (Å²) in [7, 11) is 0. The molecule has 1 amide bonds. The summed E-state index contributed by atoms with van der Waals surface area (Å²) in [4.78, 5) is 25.7. The normalized spacial score (nSPS) is 24.1. The van der Waals surface area contributed by atoms with E-state index >= 15 is 0 Å². The van der Waals surface area contributed by atoms with E-state index in [0.717, 1.165) is 18.6 Å². The number of thioether (sulfide) groups is 1. The summed E-state index contributed by atoms with van der Waals surface area (Å²) in [6.45, 7) is 8.86. The molecule has 0 saturated carbocycles. The van der Waals surface area contributed by atoms with Crippen molar-refractivity contribution < 1.29 is 14.7 Å². The molecule has 1 aliphatic rings. The Balaban J connectivity index is 2.62. The van der Waals surface area contributed by atoms with E-state index in [9.17, 15) is 14.7 Å². The minimum absolute atomic E-state index is 0.0425. The average molecular weight is 301 g/mol. The van der Waals surface area contributed by atoms with Gasteiger partial charge in [0.1, 0.15) is 0 Å². The summed E-state index contributed by atoms with van der Waals surface area (Å²) < 4.78 is 0. The lowest BCUT2D eigenvalue weighted by molar-refractivity contribution is -0.151. The van der Waals surface area contributed by atoms with Crippen molar-refractivity contribution in [2.75, 3.05) is 18.8 Å². The molecule has 0 radical (unpaired) electrons. The largest absolute Gasteiger partial charge is 0.481 e. The maximum atomic E-state index is 12.4. The Kier molecular flexibility index (Phi) is 6.37. The summed E-state index contributed by atoms with van der Waals surface area (Å²) >= 11 is 1.67. The molecule has 0 bridgehead atoms. The molecule has 1 fully saturated rings. The minimum atomic E-state index is -0.769. The Morgan fingerprint density at radius 2 is 2.00 bits per heavy atom. The van der Waals surface area contributed by atoms with Crippen LogP contribution in [0.5, 0.6) is 0 Å². The van der Waals surface area contributed by atoms with Gasteiger partial charge >= 0.3 is 5.97 Å². The number of carbonyl (C=O) groups excluding carboxylic acids is 1. The van der Waals surface area contributed by atoms with Gasteiger partial charge in [-0.1, -0.05) is 27.2 Å². The topological polar surface area (TPSA) is 57.6 Å². The van der Waals surface area contributed by atoms with Crippen molar-refractivity contribution >= 4 is 23.6 Å². The SMILES string of the molecule is CCCCSC(C)C(=O)N1CCC(C(=O)O)(C(C)C)C1. The Morgan fingerprint density at radius 1 is 1.35 bits per heavy atom. The van der Waals surface area contributed by atoms with Crippen LogP contribution in [0.15, 0.2) is 0 Å². The van der Waals surface area contributed by atoms with Crippen molar-refractivity contribution in [2.45, 2.75) is 52.2 Å². The van der Waals surface area contributed by atoms with Gasteiger partial charge in [0.15, 0.2) is 0 Å². The predicted octanol–water partition coefficient (Wildman–Crippen LogP) is 2.87. The smallest absolute Gasteiger partial charge is 0.311 e. The molecule has 2 atom stereocenters. The van der Waals surface area contributed by atoms with Gasteiger partial charge in [-0.15, -0.1) is 11.8 Å². The van der Waals surface area contributed by atoms with Crippen LogP contribution in [0, 0.1) is 11.3 Å². The molecule has 5 heteroatoms. The van der Waals surface area contributed by atoms with Crippen molar-refractivity contribution in [1.82, 2.24) is 4.90 Å². The van der Waals surface area contributed by atoms with E-state index in [0.29, 0.717) is 19.5 Å². The highest BCUT2D eigenvalue weighted by Crippen LogP contribution is 2.38. The number of amides is 1. The number of carbonyl (C=O) groups is 2. The second kappa shape index (κ2) is 7.34. The van der Waals surface area contributed by atoms with Gasteiger partial charge in [-0.05, 0) is 31.4 Å². The molecule has 0 aliphatic carbocycles. The van der Waals surface area contributed by atoms with Gasteiger partial charge < -0.3 is 10.0 Å². The molecule has 1 rings (SSSR count). The highest BCUT2D eigenvalue weighted by molar-refractivity contribution is 8.00. The molecular formula is C15H27NO3S. The van der Waals surface area contributed by atoms with Gasteiger partial charge in [-0.25, -0.2) is 0 Å². The molecule has 0 aromatic rings. The first-order chi connectivity index (χ1) is 9.35. The zero-order valence-corrected chi connectivity index (χ0v) is 13.8. The second-order valence-corrected chi connectivity index (χ2v) is 7.44. The van der Waals surface area contributed by atoms with E-state index in [1.807, 2.05) is 20.8 Å². The second-order valence-electron chi connectivity index (χ2n) is 5.99. The van der Waals surface area contributed by atoms with Crippen LogP contribution in [0.3, 0.4) is 0 Å². The molecule has 1 N–H and O–H groups in total. The van der Waals surface area contributed by atoms with Crippen LogP contribution in [-0.2, 0) is 9.59 Å². The number of carboxylic acid groups (broad SMARTS) is 1. The maximum Gasteiger partial charge on any atom is 0.311 e. The van der Waals surface area contributed by atoms with E-state index in [1.165, 1.54) is 0 Å². The maximum absolute atomic E-state index is 12.4. The number of likely N-dealkylation sites (tertiary alicyclic amines) is 1. The fourth-order valence-corrected chi connectivity index (χ4v) is 3.75. The van der Waals surface area contributed by atoms with E-state index < -0.39 is 11.4 Å². The fraction of sp³-hybridized carbons (Fsp3) is 0.867. The van der Waals surface area contributed by atoms with Crippen LogP contribution in [0.2, 0.25) is 0 Å². The quantitative estimate of drug-likeness (QED) is 0.735. The lowest BCUT2D eigenvalue weighted by atomic mass is 9.76.